The normalized spacial score (nSPS) is 12.0. The van der Waals surface area contributed by atoms with E-state index in [1.807, 2.05) is 113 Å². The molecule has 0 saturated heterocycles. The van der Waals surface area contributed by atoms with Crippen LogP contribution in [0.4, 0.5) is 5.69 Å². The third-order valence-corrected chi connectivity index (χ3v) is 11.2. The van der Waals surface area contributed by atoms with Gasteiger partial charge in [-0.05, 0) is 89.8 Å². The average Bonchev–Trinajstić information content (AvgIpc) is 3.22. The Balaban J connectivity index is 1.37. The van der Waals surface area contributed by atoms with Gasteiger partial charge in [0.1, 0.15) is 0 Å². The van der Waals surface area contributed by atoms with E-state index in [0.717, 1.165) is 22.3 Å². The highest BCUT2D eigenvalue weighted by atomic mass is 16.1. The smallest absolute Gasteiger partial charge is 0.197 e. The first-order valence-corrected chi connectivity index (χ1v) is 17.9. The van der Waals surface area contributed by atoms with Crippen LogP contribution >= 0.6 is 0 Å². The zero-order chi connectivity index (χ0) is 37.3. The van der Waals surface area contributed by atoms with E-state index in [-0.39, 0.29) is 21.7 Å². The molecule has 0 N–H and O–H groups in total. The molecular weight excluding hydrogens is 683 g/mol. The Kier molecular flexibility index (Phi) is 6.13. The Labute approximate surface area is 310 Å². The monoisotopic (exact) mass is 707 g/mol. The first-order valence-electron chi connectivity index (χ1n) is 17.9. The van der Waals surface area contributed by atoms with Crippen LogP contribution in [0.1, 0.15) is 5.56 Å². The summed E-state index contributed by atoms with van der Waals surface area (Å²) >= 11 is 0. The maximum Gasteiger partial charge on any atom is 0.197 e. The molecule has 0 fully saturated rings. The van der Waals surface area contributed by atoms with E-state index < -0.39 is 0 Å². The van der Waals surface area contributed by atoms with Crippen molar-refractivity contribution in [1.29, 1.82) is 0 Å². The fourth-order valence-corrected chi connectivity index (χ4v) is 8.60. The first-order chi connectivity index (χ1) is 26.8. The fraction of sp³-hybridized carbons (Fsp3) is 0.0208. The number of nitrogens with zero attached hydrogens (tertiary/aromatic N) is 3. The standard InChI is InChI=1S/C48H25N3O4/c1-25-11-13-26(14-12-25)28-19-35-43-37(21-28)47(54)33-23-34-42(24-41(33)50(43)39-9-5-3-7-31(39)45(35)52)51-40-10-6-4-8-32(40)46(53)36-20-29(22-38(44(36)51)48(34)55)27-15-17-30(49-2)18-16-27/h3-24H,1H3. The topological polar surface area (TPSA) is 81.5 Å². The number of aryl methyl sites for hydroxylation is 1. The molecule has 7 aromatic carbocycles. The summed E-state index contributed by atoms with van der Waals surface area (Å²) in [5.74, 6) is 0. The summed E-state index contributed by atoms with van der Waals surface area (Å²) < 4.78 is 3.95. The average molecular weight is 708 g/mol. The van der Waals surface area contributed by atoms with Crippen LogP contribution in [0.5, 0.6) is 0 Å². The molecule has 0 atom stereocenters. The van der Waals surface area contributed by atoms with Crippen LogP contribution in [0.15, 0.2) is 153 Å². The molecule has 4 aromatic heterocycles. The molecule has 0 spiro atoms. The van der Waals surface area contributed by atoms with Crippen molar-refractivity contribution >= 4 is 81.9 Å². The molecule has 0 aliphatic carbocycles. The maximum absolute atomic E-state index is 14.9. The fourth-order valence-electron chi connectivity index (χ4n) is 8.60. The summed E-state index contributed by atoms with van der Waals surface area (Å²) in [5, 5.41) is 3.21. The third kappa shape index (κ3) is 4.13. The summed E-state index contributed by atoms with van der Waals surface area (Å²) in [6, 6.07) is 40.7. The van der Waals surface area contributed by atoms with Crippen molar-refractivity contribution in [3.05, 3.63) is 191 Å². The second-order valence-electron chi connectivity index (χ2n) is 14.3. The van der Waals surface area contributed by atoms with Crippen LogP contribution in [0, 0.1) is 13.5 Å². The van der Waals surface area contributed by atoms with Gasteiger partial charge in [-0.15, -0.1) is 0 Å². The lowest BCUT2D eigenvalue weighted by atomic mass is 9.95. The SMILES string of the molecule is [C-]#[N+]c1ccc(-c2cc3c(=O)c4ccccc4n4c5cc6c(cc5c(=O)c(c2)c34)c(=O)c2cc(-c3ccc(C)cc3)cc3c(=O)c4ccccc4n6c32)cc1. The van der Waals surface area contributed by atoms with Gasteiger partial charge >= 0.3 is 0 Å². The molecule has 7 nitrogen and oxygen atoms in total. The highest BCUT2D eigenvalue weighted by Crippen LogP contribution is 2.36. The molecule has 7 heteroatoms. The van der Waals surface area contributed by atoms with Crippen LogP contribution in [-0.4, -0.2) is 8.80 Å². The zero-order valence-electron chi connectivity index (χ0n) is 29.2. The zero-order valence-corrected chi connectivity index (χ0v) is 29.2. The van der Waals surface area contributed by atoms with Gasteiger partial charge in [0, 0.05) is 43.1 Å². The molecule has 0 unspecified atom stereocenters. The van der Waals surface area contributed by atoms with Gasteiger partial charge in [-0.1, -0.05) is 78.4 Å². The maximum atomic E-state index is 14.9. The Morgan fingerprint density at radius 1 is 0.400 bits per heavy atom. The highest BCUT2D eigenvalue weighted by molar-refractivity contribution is 6.14. The lowest BCUT2D eigenvalue weighted by molar-refractivity contribution is 1.28. The Hall–Kier alpha value is -7.69. The minimum Gasteiger partial charge on any atom is -0.307 e. The summed E-state index contributed by atoms with van der Waals surface area (Å²) in [5.41, 5.74) is 7.06. The van der Waals surface area contributed by atoms with Crippen molar-refractivity contribution in [3.8, 4) is 22.3 Å². The molecular formula is C48H25N3O4. The summed E-state index contributed by atoms with van der Waals surface area (Å²) in [4.78, 5) is 61.7. The van der Waals surface area contributed by atoms with Gasteiger partial charge in [-0.3, -0.25) is 19.2 Å². The Bertz CT molecular complexity index is 3800. The van der Waals surface area contributed by atoms with E-state index in [0.29, 0.717) is 87.4 Å². The van der Waals surface area contributed by atoms with E-state index >= 15 is 0 Å². The summed E-state index contributed by atoms with van der Waals surface area (Å²) in [6.07, 6.45) is 0. The number of pyridine rings is 4. The lowest BCUT2D eigenvalue weighted by Crippen LogP contribution is -2.17. The molecule has 11 aromatic rings. The first kappa shape index (κ1) is 30.9. The molecule has 0 radical (unpaired) electrons. The second-order valence-corrected chi connectivity index (χ2v) is 14.3. The number of hydrogen-bond donors (Lipinski definition) is 0. The minimum atomic E-state index is -0.306. The molecule has 0 aliphatic heterocycles. The third-order valence-electron chi connectivity index (χ3n) is 11.2. The Morgan fingerprint density at radius 2 is 0.800 bits per heavy atom. The predicted octanol–water partition coefficient (Wildman–Crippen LogP) is 9.62. The molecule has 11 rings (SSSR count). The number of rotatable bonds is 2. The van der Waals surface area contributed by atoms with Crippen molar-refractivity contribution in [2.75, 3.05) is 0 Å². The largest absolute Gasteiger partial charge is 0.307 e. The number of aromatic nitrogens is 2. The van der Waals surface area contributed by atoms with Gasteiger partial charge < -0.3 is 8.80 Å². The molecule has 0 saturated carbocycles. The van der Waals surface area contributed by atoms with E-state index in [1.165, 1.54) is 0 Å². The minimum absolute atomic E-state index is 0.164. The van der Waals surface area contributed by atoms with Gasteiger partial charge in [0.15, 0.2) is 27.4 Å². The van der Waals surface area contributed by atoms with E-state index in [2.05, 4.69) is 4.85 Å². The van der Waals surface area contributed by atoms with E-state index in [9.17, 15) is 19.2 Å². The van der Waals surface area contributed by atoms with Crippen LogP contribution in [-0.2, 0) is 0 Å². The number of para-hydroxylation sites is 2. The van der Waals surface area contributed by atoms with E-state index in [4.69, 9.17) is 6.57 Å². The van der Waals surface area contributed by atoms with Crippen molar-refractivity contribution in [2.45, 2.75) is 6.92 Å². The molecule has 4 heterocycles. The Morgan fingerprint density at radius 3 is 1.24 bits per heavy atom. The number of benzene rings is 7. The molecule has 0 aliphatic rings. The van der Waals surface area contributed by atoms with Gasteiger partial charge in [0.25, 0.3) is 0 Å². The van der Waals surface area contributed by atoms with Gasteiger partial charge in [0.2, 0.25) is 0 Å². The predicted molar refractivity (Wildman–Crippen MR) is 223 cm³/mol. The van der Waals surface area contributed by atoms with Crippen molar-refractivity contribution < 1.29 is 0 Å². The van der Waals surface area contributed by atoms with E-state index in [1.54, 1.807) is 36.4 Å². The molecule has 55 heavy (non-hydrogen) atoms. The van der Waals surface area contributed by atoms with Crippen molar-refractivity contribution in [2.24, 2.45) is 0 Å². The summed E-state index contributed by atoms with van der Waals surface area (Å²) in [7, 11) is 0. The van der Waals surface area contributed by atoms with Crippen LogP contribution in [0.3, 0.4) is 0 Å². The van der Waals surface area contributed by atoms with Gasteiger partial charge in [-0.2, -0.15) is 0 Å². The highest BCUT2D eigenvalue weighted by Gasteiger charge is 2.23. The number of hydrogen-bond acceptors (Lipinski definition) is 4. The summed E-state index contributed by atoms with van der Waals surface area (Å²) in [6.45, 7) is 9.39. The lowest BCUT2D eigenvalue weighted by Gasteiger charge is -2.19. The molecule has 0 amide bonds. The quantitative estimate of drug-likeness (QED) is 0.102. The van der Waals surface area contributed by atoms with Gasteiger partial charge in [0.05, 0.1) is 39.7 Å². The molecule has 256 valence electrons. The van der Waals surface area contributed by atoms with Crippen molar-refractivity contribution in [1.82, 2.24) is 8.80 Å². The van der Waals surface area contributed by atoms with Crippen LogP contribution in [0.25, 0.3) is 103 Å². The second kappa shape index (κ2) is 10.9. The number of fused-ring (bicyclic) bond motifs is 8. The van der Waals surface area contributed by atoms with Crippen LogP contribution in [0.2, 0.25) is 0 Å². The van der Waals surface area contributed by atoms with Gasteiger partial charge in [-0.25, -0.2) is 4.85 Å². The molecule has 0 bridgehead atoms. The van der Waals surface area contributed by atoms with Crippen molar-refractivity contribution in [3.63, 3.8) is 0 Å². The van der Waals surface area contributed by atoms with Crippen LogP contribution < -0.4 is 21.7 Å².